The minimum Gasteiger partial charge on any atom is -0.548 e. The van der Waals surface area contributed by atoms with Crippen molar-refractivity contribution >= 4 is 21.7 Å². The maximum Gasteiger partial charge on any atom is 0.264 e. The van der Waals surface area contributed by atoms with Gasteiger partial charge in [0.25, 0.3) is 10.0 Å². The zero-order valence-corrected chi connectivity index (χ0v) is 15.0. The van der Waals surface area contributed by atoms with E-state index in [1.54, 1.807) is 42.5 Å². The van der Waals surface area contributed by atoms with Crippen LogP contribution in [0.1, 0.15) is 0 Å². The summed E-state index contributed by atoms with van der Waals surface area (Å²) in [5.41, 5.74) is 0.198. The number of sulfonamides is 1. The van der Waals surface area contributed by atoms with E-state index in [0.717, 1.165) is 4.31 Å². The van der Waals surface area contributed by atoms with Crippen molar-refractivity contribution in [1.82, 2.24) is 0 Å². The number of nitrogens with zero attached hydrogens (tertiary/aromatic N) is 1. The number of hydrogen-bond acceptors (Lipinski definition) is 5. The van der Waals surface area contributed by atoms with Crippen molar-refractivity contribution in [3.63, 3.8) is 0 Å². The van der Waals surface area contributed by atoms with Crippen LogP contribution in [0.2, 0.25) is 0 Å². The van der Waals surface area contributed by atoms with Gasteiger partial charge in [0.05, 0.1) is 23.1 Å². The quantitative estimate of drug-likeness (QED) is 0.626. The standard InChI is InChI=1S/C20H17NO5S/c22-20(23)15-21(27(24,25)19-9-5-2-6-10-19)16-11-13-18(14-12-16)26-17-7-3-1-4-8-17/h1-14H,15H2,(H,22,23)/p-1. The molecule has 6 nitrogen and oxygen atoms in total. The van der Waals surface area contributed by atoms with Crippen molar-refractivity contribution in [1.29, 1.82) is 0 Å². The van der Waals surface area contributed by atoms with Crippen LogP contribution >= 0.6 is 0 Å². The Morgan fingerprint density at radius 3 is 1.89 bits per heavy atom. The lowest BCUT2D eigenvalue weighted by molar-refractivity contribution is -0.303. The van der Waals surface area contributed by atoms with Gasteiger partial charge in [0.15, 0.2) is 0 Å². The monoisotopic (exact) mass is 382 g/mol. The highest BCUT2D eigenvalue weighted by molar-refractivity contribution is 7.92. The third-order valence-corrected chi connectivity index (χ3v) is 5.50. The topological polar surface area (TPSA) is 86.7 Å². The Bertz CT molecular complexity index is 1000. The van der Waals surface area contributed by atoms with Crippen molar-refractivity contribution in [2.75, 3.05) is 10.8 Å². The summed E-state index contributed by atoms with van der Waals surface area (Å²) in [6.45, 7) is -0.796. The highest BCUT2D eigenvalue weighted by Crippen LogP contribution is 2.27. The van der Waals surface area contributed by atoms with E-state index < -0.39 is 22.5 Å². The zero-order chi connectivity index (χ0) is 19.3. The van der Waals surface area contributed by atoms with Crippen LogP contribution in [0.25, 0.3) is 0 Å². The van der Waals surface area contributed by atoms with Gasteiger partial charge in [-0.05, 0) is 48.5 Å². The molecule has 0 heterocycles. The highest BCUT2D eigenvalue weighted by atomic mass is 32.2. The molecule has 0 aliphatic rings. The van der Waals surface area contributed by atoms with Crippen molar-refractivity contribution in [3.8, 4) is 11.5 Å². The summed E-state index contributed by atoms with van der Waals surface area (Å²) >= 11 is 0. The Hall–Kier alpha value is -3.32. The van der Waals surface area contributed by atoms with Crippen LogP contribution in [0.5, 0.6) is 11.5 Å². The molecule has 0 aliphatic heterocycles. The van der Waals surface area contributed by atoms with E-state index in [1.807, 2.05) is 18.2 Å². The van der Waals surface area contributed by atoms with Crippen LogP contribution in [-0.4, -0.2) is 20.9 Å². The van der Waals surface area contributed by atoms with Crippen LogP contribution in [0.3, 0.4) is 0 Å². The third-order valence-electron chi connectivity index (χ3n) is 3.71. The zero-order valence-electron chi connectivity index (χ0n) is 14.2. The van der Waals surface area contributed by atoms with Gasteiger partial charge in [-0.2, -0.15) is 0 Å². The summed E-state index contributed by atoms with van der Waals surface area (Å²) in [5.74, 6) is -0.372. The molecule has 3 aromatic carbocycles. The molecule has 0 radical (unpaired) electrons. The predicted molar refractivity (Wildman–Crippen MR) is 98.9 cm³/mol. The van der Waals surface area contributed by atoms with Gasteiger partial charge < -0.3 is 14.6 Å². The predicted octanol–water partition coefficient (Wildman–Crippen LogP) is 2.42. The van der Waals surface area contributed by atoms with Gasteiger partial charge in [-0.1, -0.05) is 36.4 Å². The summed E-state index contributed by atoms with van der Waals surface area (Å²) in [6.07, 6.45) is 0. The molecule has 0 unspecified atom stereocenters. The van der Waals surface area contributed by atoms with E-state index in [9.17, 15) is 18.3 Å². The first-order valence-corrected chi connectivity index (χ1v) is 9.51. The third kappa shape index (κ3) is 4.45. The normalized spacial score (nSPS) is 11.0. The van der Waals surface area contributed by atoms with E-state index in [2.05, 4.69) is 0 Å². The minimum atomic E-state index is -4.05. The molecule has 3 rings (SSSR count). The van der Waals surface area contributed by atoms with Crippen molar-refractivity contribution < 1.29 is 23.1 Å². The van der Waals surface area contributed by atoms with Crippen LogP contribution in [0, 0.1) is 0 Å². The largest absolute Gasteiger partial charge is 0.548 e. The maximum atomic E-state index is 12.8. The Labute approximate surface area is 157 Å². The number of carbonyl (C=O) groups is 1. The van der Waals surface area contributed by atoms with E-state index in [-0.39, 0.29) is 10.6 Å². The van der Waals surface area contributed by atoms with Gasteiger partial charge >= 0.3 is 0 Å². The number of carboxylic acids is 1. The summed E-state index contributed by atoms with van der Waals surface area (Å²) < 4.78 is 32.2. The molecule has 7 heteroatoms. The molecule has 138 valence electrons. The molecule has 0 aliphatic carbocycles. The number of para-hydroxylation sites is 1. The lowest BCUT2D eigenvalue weighted by Crippen LogP contribution is -2.41. The number of carboxylic acid groups (broad SMARTS) is 1. The summed E-state index contributed by atoms with van der Waals surface area (Å²) in [6, 6.07) is 22.9. The van der Waals surface area contributed by atoms with Gasteiger partial charge in [-0.25, -0.2) is 8.42 Å². The van der Waals surface area contributed by atoms with Gasteiger partial charge in [0.1, 0.15) is 11.5 Å². The minimum absolute atomic E-state index is 0.00383. The lowest BCUT2D eigenvalue weighted by atomic mass is 10.3. The highest BCUT2D eigenvalue weighted by Gasteiger charge is 2.25. The smallest absolute Gasteiger partial charge is 0.264 e. The fraction of sp³-hybridized carbons (Fsp3) is 0.0500. The molecular formula is C20H16NO5S-. The van der Waals surface area contributed by atoms with Crippen LogP contribution < -0.4 is 14.1 Å². The number of aliphatic carboxylic acids is 1. The maximum absolute atomic E-state index is 12.8. The van der Waals surface area contributed by atoms with Crippen molar-refractivity contribution in [2.24, 2.45) is 0 Å². The Balaban J connectivity index is 1.90. The summed E-state index contributed by atoms with van der Waals surface area (Å²) in [5, 5.41) is 11.1. The second-order valence-corrected chi connectivity index (χ2v) is 7.47. The number of rotatable bonds is 7. The van der Waals surface area contributed by atoms with Crippen molar-refractivity contribution in [2.45, 2.75) is 4.90 Å². The molecule has 0 aromatic heterocycles. The van der Waals surface area contributed by atoms with E-state index >= 15 is 0 Å². The van der Waals surface area contributed by atoms with Gasteiger partial charge in [0.2, 0.25) is 0 Å². The number of anilines is 1. The average molecular weight is 382 g/mol. The summed E-state index contributed by atoms with van der Waals surface area (Å²) in [7, 11) is -4.05. The van der Waals surface area contributed by atoms with Crippen LogP contribution in [-0.2, 0) is 14.8 Å². The van der Waals surface area contributed by atoms with Gasteiger partial charge in [0, 0.05) is 0 Å². The molecule has 0 fully saturated rings. The summed E-state index contributed by atoms with van der Waals surface area (Å²) in [4.78, 5) is 11.1. The Morgan fingerprint density at radius 2 is 1.33 bits per heavy atom. The van der Waals surface area contributed by atoms with Gasteiger partial charge in [-0.3, -0.25) is 4.31 Å². The number of hydrogen-bond donors (Lipinski definition) is 0. The lowest BCUT2D eigenvalue weighted by Gasteiger charge is -2.25. The second-order valence-electron chi connectivity index (χ2n) is 5.61. The fourth-order valence-corrected chi connectivity index (χ4v) is 3.89. The Morgan fingerprint density at radius 1 is 0.815 bits per heavy atom. The Kier molecular flexibility index (Phi) is 5.42. The van der Waals surface area contributed by atoms with Crippen molar-refractivity contribution in [3.05, 3.63) is 84.9 Å². The molecule has 27 heavy (non-hydrogen) atoms. The molecule has 3 aromatic rings. The molecule has 0 amide bonds. The number of benzene rings is 3. The molecule has 0 saturated carbocycles. The van der Waals surface area contributed by atoms with Crippen LogP contribution in [0.4, 0.5) is 5.69 Å². The van der Waals surface area contributed by atoms with E-state index in [4.69, 9.17) is 4.74 Å². The van der Waals surface area contributed by atoms with Crippen LogP contribution in [0.15, 0.2) is 89.8 Å². The first-order chi connectivity index (χ1) is 13.0. The SMILES string of the molecule is O=C([O-])CN(c1ccc(Oc2ccccc2)cc1)S(=O)(=O)c1ccccc1. The number of carbonyl (C=O) groups excluding carboxylic acids is 1. The number of ether oxygens (including phenoxy) is 1. The molecular weight excluding hydrogens is 366 g/mol. The van der Waals surface area contributed by atoms with E-state index in [0.29, 0.717) is 11.5 Å². The molecule has 0 spiro atoms. The van der Waals surface area contributed by atoms with E-state index in [1.165, 1.54) is 24.3 Å². The average Bonchev–Trinajstić information content (AvgIpc) is 2.68. The van der Waals surface area contributed by atoms with Gasteiger partial charge in [-0.15, -0.1) is 0 Å². The fourth-order valence-electron chi connectivity index (χ4n) is 2.46. The molecule has 0 saturated heterocycles. The molecule has 0 atom stereocenters. The second kappa shape index (κ2) is 7.92. The molecule has 0 N–H and O–H groups in total. The first-order valence-electron chi connectivity index (χ1n) is 8.07. The first kappa shape index (κ1) is 18.5. The molecule has 0 bridgehead atoms.